The Hall–Kier alpha value is -2.20. The zero-order chi connectivity index (χ0) is 21.0. The highest BCUT2D eigenvalue weighted by atomic mass is 32.2. The zero-order valence-corrected chi connectivity index (χ0v) is 18.1. The Labute approximate surface area is 171 Å². The number of nitrogens with zero attached hydrogens (tertiary/aromatic N) is 5. The number of benzene rings is 1. The Bertz CT molecular complexity index is 947. The normalized spacial score (nSPS) is 16.8. The summed E-state index contributed by atoms with van der Waals surface area (Å²) in [5.41, 5.74) is 0.909. The minimum Gasteiger partial charge on any atom is -0.382 e. The first kappa shape index (κ1) is 21.5. The second kappa shape index (κ2) is 9.08. The Morgan fingerprint density at radius 3 is 2.45 bits per heavy atom. The third-order valence-electron chi connectivity index (χ3n) is 5.25. The molecule has 2 aromatic rings. The number of fused-ring (bicyclic) bond motifs is 1. The molecule has 0 saturated carbocycles. The van der Waals surface area contributed by atoms with Crippen molar-refractivity contribution in [1.82, 2.24) is 24.4 Å². The van der Waals surface area contributed by atoms with Gasteiger partial charge in [0.25, 0.3) is 5.91 Å². The first-order valence-corrected chi connectivity index (χ1v) is 11.6. The van der Waals surface area contributed by atoms with E-state index in [0.29, 0.717) is 24.1 Å². The first-order chi connectivity index (χ1) is 13.9. The van der Waals surface area contributed by atoms with Crippen LogP contribution in [0.3, 0.4) is 0 Å². The number of amides is 1. The topological polar surface area (TPSA) is 97.6 Å². The Kier molecular flexibility index (Phi) is 6.74. The summed E-state index contributed by atoms with van der Waals surface area (Å²) in [6, 6.07) is 4.60. The Morgan fingerprint density at radius 1 is 1.17 bits per heavy atom. The summed E-state index contributed by atoms with van der Waals surface area (Å²) in [7, 11) is -3.62. The Morgan fingerprint density at radius 2 is 1.83 bits per heavy atom. The van der Waals surface area contributed by atoms with Crippen LogP contribution in [0.15, 0.2) is 23.1 Å². The van der Waals surface area contributed by atoms with E-state index in [2.05, 4.69) is 10.3 Å². The molecule has 0 spiro atoms. The van der Waals surface area contributed by atoms with Crippen LogP contribution in [-0.2, 0) is 14.8 Å². The summed E-state index contributed by atoms with van der Waals surface area (Å²) in [4.78, 5) is 21.6. The van der Waals surface area contributed by atoms with Gasteiger partial charge in [-0.05, 0) is 43.2 Å². The van der Waals surface area contributed by atoms with E-state index in [-0.39, 0.29) is 10.8 Å². The van der Waals surface area contributed by atoms with Crippen LogP contribution in [0.4, 0.5) is 0 Å². The molecule has 1 aromatic carbocycles. The van der Waals surface area contributed by atoms with E-state index in [1.165, 1.54) is 16.4 Å². The van der Waals surface area contributed by atoms with E-state index in [9.17, 15) is 13.2 Å². The van der Waals surface area contributed by atoms with Crippen LogP contribution in [-0.4, -0.2) is 71.0 Å². The zero-order valence-electron chi connectivity index (χ0n) is 17.2. The third-order valence-corrected chi connectivity index (χ3v) is 7.30. The predicted octanol–water partition coefficient (Wildman–Crippen LogP) is 1.68. The highest BCUT2D eigenvalue weighted by Crippen LogP contribution is 2.21. The number of likely N-dealkylation sites (tertiary alicyclic amines) is 1. The van der Waals surface area contributed by atoms with Gasteiger partial charge in [-0.15, -0.1) is 5.10 Å². The van der Waals surface area contributed by atoms with Gasteiger partial charge in [0.15, 0.2) is 0 Å². The van der Waals surface area contributed by atoms with Crippen molar-refractivity contribution in [1.29, 1.82) is 0 Å². The van der Waals surface area contributed by atoms with E-state index in [4.69, 9.17) is 4.84 Å². The molecule has 9 nitrogen and oxygen atoms in total. The molecule has 1 saturated heterocycles. The maximum atomic E-state index is 12.8. The number of carbonyl (C=O) groups excluding carboxylic acids is 1. The van der Waals surface area contributed by atoms with Crippen LogP contribution in [0.25, 0.3) is 11.0 Å². The number of rotatable bonds is 7. The van der Waals surface area contributed by atoms with Crippen molar-refractivity contribution in [2.45, 2.75) is 57.5 Å². The number of carbonyl (C=O) groups is 1. The molecule has 2 heterocycles. The fourth-order valence-corrected chi connectivity index (χ4v) is 5.05. The third kappa shape index (κ3) is 4.53. The van der Waals surface area contributed by atoms with E-state index >= 15 is 0 Å². The maximum absolute atomic E-state index is 12.8. The molecule has 10 heteroatoms. The smallest absolute Gasteiger partial charge is 0.266 e. The quantitative estimate of drug-likeness (QED) is 0.672. The summed E-state index contributed by atoms with van der Waals surface area (Å²) >= 11 is 0. The fraction of sp³-hybridized carbons (Fsp3) is 0.632. The van der Waals surface area contributed by atoms with Crippen molar-refractivity contribution in [3.8, 4) is 0 Å². The minimum atomic E-state index is -3.62. The number of sulfonamides is 1. The van der Waals surface area contributed by atoms with Crippen LogP contribution >= 0.6 is 0 Å². The number of hydrogen-bond donors (Lipinski definition) is 0. The summed E-state index contributed by atoms with van der Waals surface area (Å²) in [5.74, 6) is -0.0949. The van der Waals surface area contributed by atoms with Gasteiger partial charge in [0.1, 0.15) is 11.0 Å². The van der Waals surface area contributed by atoms with Crippen molar-refractivity contribution < 1.29 is 18.0 Å². The molecule has 0 aliphatic carbocycles. The average Bonchev–Trinajstić information content (AvgIpc) is 2.91. The molecule has 1 amide bonds. The first-order valence-electron chi connectivity index (χ1n) is 10.2. The highest BCUT2D eigenvalue weighted by Gasteiger charge is 2.26. The summed E-state index contributed by atoms with van der Waals surface area (Å²) in [6.45, 7) is 7.50. The molecule has 0 bridgehead atoms. The molecule has 3 rings (SSSR count). The standard InChI is InChI=1S/C19H29N5O4S/c1-4-23(5-2)29(26,27)16-10-11-17-18(14-16)24(21-20-17)28-15(3)19(25)22-12-8-6-7-9-13-22/h10-11,14-15H,4-9,12-13H2,1-3H3. The van der Waals surface area contributed by atoms with E-state index < -0.39 is 16.1 Å². The largest absolute Gasteiger partial charge is 0.382 e. The number of hydrogen-bond acceptors (Lipinski definition) is 6. The van der Waals surface area contributed by atoms with Crippen molar-refractivity contribution >= 4 is 27.0 Å². The van der Waals surface area contributed by atoms with E-state index in [1.54, 1.807) is 26.8 Å². The van der Waals surface area contributed by atoms with E-state index in [1.807, 2.05) is 4.90 Å². The molecule has 1 aliphatic heterocycles. The van der Waals surface area contributed by atoms with Gasteiger partial charge in [-0.3, -0.25) is 4.79 Å². The van der Waals surface area contributed by atoms with Crippen molar-refractivity contribution in [3.63, 3.8) is 0 Å². The summed E-state index contributed by atoms with van der Waals surface area (Å²) < 4.78 is 27.0. The molecule has 1 aromatic heterocycles. The van der Waals surface area contributed by atoms with Gasteiger partial charge in [-0.2, -0.15) is 4.31 Å². The number of aromatic nitrogens is 3. The molecule has 1 atom stereocenters. The Balaban J connectivity index is 1.84. The average molecular weight is 424 g/mol. The van der Waals surface area contributed by atoms with Crippen LogP contribution in [0.2, 0.25) is 0 Å². The van der Waals surface area contributed by atoms with Gasteiger partial charge >= 0.3 is 0 Å². The molecular formula is C19H29N5O4S. The van der Waals surface area contributed by atoms with Crippen LogP contribution in [0.1, 0.15) is 46.5 Å². The van der Waals surface area contributed by atoms with Gasteiger partial charge in [0.2, 0.25) is 16.1 Å². The lowest BCUT2D eigenvalue weighted by atomic mass is 10.2. The molecule has 0 N–H and O–H groups in total. The fourth-order valence-electron chi connectivity index (χ4n) is 3.57. The van der Waals surface area contributed by atoms with Crippen molar-refractivity contribution in [2.24, 2.45) is 0 Å². The van der Waals surface area contributed by atoms with Gasteiger partial charge in [0, 0.05) is 26.2 Å². The van der Waals surface area contributed by atoms with Crippen molar-refractivity contribution in [2.75, 3.05) is 26.2 Å². The summed E-state index contributed by atoms with van der Waals surface area (Å²) in [5, 5.41) is 7.98. The molecular weight excluding hydrogens is 394 g/mol. The SMILES string of the molecule is CCN(CC)S(=O)(=O)c1ccc2nnn(OC(C)C(=O)N3CCCCCC3)c2c1. The lowest BCUT2D eigenvalue weighted by Gasteiger charge is -2.24. The van der Waals surface area contributed by atoms with Gasteiger partial charge in [-0.25, -0.2) is 8.42 Å². The molecule has 160 valence electrons. The van der Waals surface area contributed by atoms with Crippen LogP contribution in [0.5, 0.6) is 0 Å². The lowest BCUT2D eigenvalue weighted by molar-refractivity contribution is -0.143. The lowest BCUT2D eigenvalue weighted by Crippen LogP contribution is -2.43. The van der Waals surface area contributed by atoms with Gasteiger partial charge in [0.05, 0.1) is 4.90 Å². The molecule has 1 fully saturated rings. The minimum absolute atomic E-state index is 0.0949. The molecule has 0 radical (unpaired) electrons. The van der Waals surface area contributed by atoms with E-state index in [0.717, 1.165) is 43.6 Å². The van der Waals surface area contributed by atoms with Crippen molar-refractivity contribution in [3.05, 3.63) is 18.2 Å². The summed E-state index contributed by atoms with van der Waals surface area (Å²) in [6.07, 6.45) is 3.52. The predicted molar refractivity (Wildman–Crippen MR) is 109 cm³/mol. The maximum Gasteiger partial charge on any atom is 0.266 e. The second-order valence-corrected chi connectivity index (χ2v) is 9.13. The molecule has 1 unspecified atom stereocenters. The highest BCUT2D eigenvalue weighted by molar-refractivity contribution is 7.89. The second-order valence-electron chi connectivity index (χ2n) is 7.19. The van der Waals surface area contributed by atoms with Gasteiger partial charge in [-0.1, -0.05) is 31.5 Å². The molecule has 29 heavy (non-hydrogen) atoms. The monoisotopic (exact) mass is 423 g/mol. The molecule has 1 aliphatic rings. The van der Waals surface area contributed by atoms with Gasteiger partial charge < -0.3 is 9.74 Å². The van der Waals surface area contributed by atoms with Crippen LogP contribution < -0.4 is 4.84 Å². The van der Waals surface area contributed by atoms with Crippen LogP contribution in [0, 0.1) is 0 Å².